The molecule has 1 heteroatoms. The van der Waals surface area contributed by atoms with Crippen molar-refractivity contribution in [1.82, 2.24) is 0 Å². The number of rotatable bonds is 2. The number of thioether (sulfide) groups is 1. The Balaban J connectivity index is 2.42. The lowest BCUT2D eigenvalue weighted by atomic mass is 10.2. The van der Waals surface area contributed by atoms with Crippen LogP contribution in [0.3, 0.4) is 0 Å². The van der Waals surface area contributed by atoms with Gasteiger partial charge in [-0.05, 0) is 23.3 Å². The van der Waals surface area contributed by atoms with E-state index in [1.54, 1.807) is 11.8 Å². The zero-order chi connectivity index (χ0) is 9.36. The van der Waals surface area contributed by atoms with Gasteiger partial charge in [-0.15, -0.1) is 11.8 Å². The molecule has 0 unspecified atom stereocenters. The summed E-state index contributed by atoms with van der Waals surface area (Å²) in [5.41, 5.74) is 1.27. The molecule has 0 bridgehead atoms. The molecule has 0 N–H and O–H groups in total. The molecule has 0 atom stereocenters. The Hall–Kier alpha value is -1.13. The first kappa shape index (κ1) is 9.95. The third-order valence-corrected chi connectivity index (χ3v) is 1.93. The molecule has 1 aromatic rings. The van der Waals surface area contributed by atoms with Crippen LogP contribution in [0, 0.1) is 11.8 Å². The van der Waals surface area contributed by atoms with Crippen molar-refractivity contribution in [3.8, 4) is 11.8 Å². The third-order valence-electron chi connectivity index (χ3n) is 1.52. The summed E-state index contributed by atoms with van der Waals surface area (Å²) in [6, 6.07) is 10.3. The van der Waals surface area contributed by atoms with Crippen molar-refractivity contribution in [3.05, 3.63) is 47.4 Å². The van der Waals surface area contributed by atoms with E-state index in [9.17, 15) is 0 Å². The van der Waals surface area contributed by atoms with Crippen molar-refractivity contribution in [2.75, 3.05) is 6.26 Å². The normalized spacial score (nSPS) is 9.62. The number of benzene rings is 1. The van der Waals surface area contributed by atoms with Gasteiger partial charge in [-0.1, -0.05) is 42.2 Å². The highest BCUT2D eigenvalue weighted by Gasteiger charge is 1.83. The summed E-state index contributed by atoms with van der Waals surface area (Å²) in [4.78, 5) is 0. The second kappa shape index (κ2) is 6.39. The van der Waals surface area contributed by atoms with Crippen molar-refractivity contribution in [2.24, 2.45) is 0 Å². The molecule has 0 nitrogen and oxygen atoms in total. The van der Waals surface area contributed by atoms with E-state index in [-0.39, 0.29) is 0 Å². The maximum atomic E-state index is 3.09. The summed E-state index contributed by atoms with van der Waals surface area (Å²) in [5.74, 6) is 6.07. The van der Waals surface area contributed by atoms with E-state index >= 15 is 0 Å². The lowest BCUT2D eigenvalue weighted by Gasteiger charge is -1.90. The molecule has 13 heavy (non-hydrogen) atoms. The highest BCUT2D eigenvalue weighted by Crippen LogP contribution is 1.98. The molecule has 0 radical (unpaired) electrons. The predicted molar refractivity (Wildman–Crippen MR) is 60.6 cm³/mol. The highest BCUT2D eigenvalue weighted by molar-refractivity contribution is 8.01. The Labute approximate surface area is 84.1 Å². The fraction of sp³-hybridized carbons (Fsp3) is 0.167. The molecule has 0 heterocycles. The van der Waals surface area contributed by atoms with E-state index in [1.807, 2.05) is 35.9 Å². The zero-order valence-corrected chi connectivity index (χ0v) is 8.47. The van der Waals surface area contributed by atoms with Crippen LogP contribution in [-0.2, 0) is 6.42 Å². The van der Waals surface area contributed by atoms with Crippen LogP contribution in [0.4, 0.5) is 0 Å². The fourth-order valence-corrected chi connectivity index (χ4v) is 1.11. The molecule has 1 aromatic carbocycles. The monoisotopic (exact) mass is 188 g/mol. The largest absolute Gasteiger partial charge is 0.137 e. The highest BCUT2D eigenvalue weighted by atomic mass is 32.2. The number of allylic oxidation sites excluding steroid dienone is 1. The van der Waals surface area contributed by atoms with Gasteiger partial charge in [0.1, 0.15) is 0 Å². The quantitative estimate of drug-likeness (QED) is 0.643. The van der Waals surface area contributed by atoms with Crippen molar-refractivity contribution in [3.63, 3.8) is 0 Å². The van der Waals surface area contributed by atoms with Gasteiger partial charge in [0.2, 0.25) is 0 Å². The standard InChI is InChI=1S/C12H12S/c1-13-11-7-3-6-10-12-8-4-2-5-9-12/h2,4-5,7-9,11H,10H2,1H3. The van der Waals surface area contributed by atoms with Gasteiger partial charge in [0, 0.05) is 6.42 Å². The first-order valence-electron chi connectivity index (χ1n) is 4.13. The molecule has 1 rings (SSSR count). The Morgan fingerprint density at radius 3 is 2.77 bits per heavy atom. The van der Waals surface area contributed by atoms with E-state index in [0.29, 0.717) is 0 Å². The van der Waals surface area contributed by atoms with Crippen LogP contribution in [0.5, 0.6) is 0 Å². The third kappa shape index (κ3) is 4.45. The van der Waals surface area contributed by atoms with E-state index in [0.717, 1.165) is 6.42 Å². The maximum Gasteiger partial charge on any atom is 0.0343 e. The smallest absolute Gasteiger partial charge is 0.0343 e. The van der Waals surface area contributed by atoms with Crippen molar-refractivity contribution in [2.45, 2.75) is 6.42 Å². The van der Waals surface area contributed by atoms with E-state index < -0.39 is 0 Å². The second-order valence-electron chi connectivity index (χ2n) is 2.52. The molecule has 0 aliphatic heterocycles. The van der Waals surface area contributed by atoms with E-state index in [4.69, 9.17) is 0 Å². The second-order valence-corrected chi connectivity index (χ2v) is 3.27. The minimum atomic E-state index is 0.833. The molecule has 0 saturated carbocycles. The van der Waals surface area contributed by atoms with Crippen LogP contribution in [0.2, 0.25) is 0 Å². The molecule has 0 saturated heterocycles. The lowest BCUT2D eigenvalue weighted by Crippen LogP contribution is -1.77. The van der Waals surface area contributed by atoms with Gasteiger partial charge in [-0.25, -0.2) is 0 Å². The molecule has 0 spiro atoms. The van der Waals surface area contributed by atoms with Crippen molar-refractivity contribution < 1.29 is 0 Å². The van der Waals surface area contributed by atoms with Gasteiger partial charge in [0.15, 0.2) is 0 Å². The van der Waals surface area contributed by atoms with Gasteiger partial charge in [0.05, 0.1) is 0 Å². The van der Waals surface area contributed by atoms with Crippen LogP contribution in [0.15, 0.2) is 41.8 Å². The van der Waals surface area contributed by atoms with Gasteiger partial charge in [-0.2, -0.15) is 0 Å². The van der Waals surface area contributed by atoms with E-state index in [1.165, 1.54) is 5.56 Å². The molecule has 0 aromatic heterocycles. The zero-order valence-electron chi connectivity index (χ0n) is 7.66. The Bertz CT molecular complexity index is 314. The van der Waals surface area contributed by atoms with Gasteiger partial charge >= 0.3 is 0 Å². The van der Waals surface area contributed by atoms with Gasteiger partial charge in [0.25, 0.3) is 0 Å². The summed E-state index contributed by atoms with van der Waals surface area (Å²) in [5, 5.41) is 1.98. The Morgan fingerprint density at radius 2 is 2.08 bits per heavy atom. The summed E-state index contributed by atoms with van der Waals surface area (Å²) in [7, 11) is 0. The molecular weight excluding hydrogens is 176 g/mol. The Morgan fingerprint density at radius 1 is 1.31 bits per heavy atom. The molecule has 0 fully saturated rings. The van der Waals surface area contributed by atoms with Gasteiger partial charge in [-0.3, -0.25) is 0 Å². The fourth-order valence-electron chi connectivity index (χ4n) is 0.910. The maximum absolute atomic E-state index is 3.09. The van der Waals surface area contributed by atoms with Crippen molar-refractivity contribution >= 4 is 11.8 Å². The lowest BCUT2D eigenvalue weighted by molar-refractivity contribution is 1.32. The average Bonchev–Trinajstić information content (AvgIpc) is 2.19. The first-order valence-corrected chi connectivity index (χ1v) is 5.42. The number of hydrogen-bond acceptors (Lipinski definition) is 1. The van der Waals surface area contributed by atoms with Crippen LogP contribution in [0.1, 0.15) is 5.56 Å². The number of hydrogen-bond donors (Lipinski definition) is 0. The SMILES string of the molecule is CSC=CC#CCc1ccccc1. The molecule has 0 aliphatic rings. The minimum Gasteiger partial charge on any atom is -0.137 e. The van der Waals surface area contributed by atoms with Crippen LogP contribution in [-0.4, -0.2) is 6.26 Å². The van der Waals surface area contributed by atoms with Gasteiger partial charge < -0.3 is 0 Å². The predicted octanol–water partition coefficient (Wildman–Crippen LogP) is 3.11. The molecule has 0 amide bonds. The Kier molecular flexibility index (Phi) is 4.90. The first-order chi connectivity index (χ1) is 6.43. The van der Waals surface area contributed by atoms with Crippen molar-refractivity contribution in [1.29, 1.82) is 0 Å². The summed E-state index contributed by atoms with van der Waals surface area (Å²) < 4.78 is 0. The van der Waals surface area contributed by atoms with Crippen LogP contribution in [0.25, 0.3) is 0 Å². The summed E-state index contributed by atoms with van der Waals surface area (Å²) >= 11 is 1.66. The van der Waals surface area contributed by atoms with Crippen LogP contribution >= 0.6 is 11.8 Å². The topological polar surface area (TPSA) is 0 Å². The molecule has 66 valence electrons. The average molecular weight is 188 g/mol. The summed E-state index contributed by atoms with van der Waals surface area (Å²) in [6.07, 6.45) is 4.74. The summed E-state index contributed by atoms with van der Waals surface area (Å²) in [6.45, 7) is 0. The van der Waals surface area contributed by atoms with Crippen LogP contribution < -0.4 is 0 Å². The minimum absolute atomic E-state index is 0.833. The molecule has 0 aliphatic carbocycles. The molecular formula is C12H12S. The van der Waals surface area contributed by atoms with E-state index in [2.05, 4.69) is 24.0 Å².